The zero-order chi connectivity index (χ0) is 18.6. The molecule has 0 radical (unpaired) electrons. The Kier molecular flexibility index (Phi) is 5.11. The lowest BCUT2D eigenvalue weighted by molar-refractivity contribution is 0.249. The Bertz CT molecular complexity index is 901. The van der Waals surface area contributed by atoms with E-state index in [1.54, 1.807) is 24.5 Å². The molecule has 0 unspecified atom stereocenters. The van der Waals surface area contributed by atoms with E-state index in [9.17, 15) is 4.39 Å². The Morgan fingerprint density at radius 2 is 1.81 bits per heavy atom. The molecule has 3 heterocycles. The van der Waals surface area contributed by atoms with Crippen LogP contribution in [0.5, 0.6) is 0 Å². The Morgan fingerprint density at radius 1 is 1.04 bits per heavy atom. The smallest absolute Gasteiger partial charge is 0.155 e. The first-order chi connectivity index (χ1) is 13.2. The minimum absolute atomic E-state index is 0.272. The monoisotopic (exact) mass is 366 g/mol. The van der Waals surface area contributed by atoms with E-state index >= 15 is 0 Å². The normalized spacial score (nSPS) is 15.3. The van der Waals surface area contributed by atoms with Gasteiger partial charge in [-0.05, 0) is 19.1 Å². The van der Waals surface area contributed by atoms with Gasteiger partial charge >= 0.3 is 0 Å². The van der Waals surface area contributed by atoms with Crippen LogP contribution in [-0.4, -0.2) is 50.8 Å². The van der Waals surface area contributed by atoms with Crippen molar-refractivity contribution in [2.75, 3.05) is 31.1 Å². The summed E-state index contributed by atoms with van der Waals surface area (Å²) in [7, 11) is 0. The van der Waals surface area contributed by atoms with Gasteiger partial charge in [0, 0.05) is 69.0 Å². The second-order valence-electron chi connectivity index (χ2n) is 6.68. The van der Waals surface area contributed by atoms with E-state index in [1.807, 2.05) is 16.9 Å². The van der Waals surface area contributed by atoms with Gasteiger partial charge in [0.25, 0.3) is 0 Å². The van der Waals surface area contributed by atoms with Crippen LogP contribution in [0.1, 0.15) is 12.5 Å². The third-order valence-electron chi connectivity index (χ3n) is 4.90. The molecule has 4 rings (SSSR count). The molecule has 6 nitrogen and oxygen atoms in total. The van der Waals surface area contributed by atoms with Crippen molar-refractivity contribution < 1.29 is 4.39 Å². The molecule has 0 aliphatic carbocycles. The molecule has 1 aliphatic rings. The summed E-state index contributed by atoms with van der Waals surface area (Å²) in [5, 5.41) is 4.34. The lowest BCUT2D eigenvalue weighted by Gasteiger charge is -2.35. The SMILES string of the molecule is CCn1cc(CN2CCN(c3nccnc3-c3ccccc3F)CC2)cn1. The fourth-order valence-corrected chi connectivity index (χ4v) is 3.44. The molecule has 2 aromatic heterocycles. The second-order valence-corrected chi connectivity index (χ2v) is 6.68. The number of anilines is 1. The number of hydrogen-bond acceptors (Lipinski definition) is 5. The van der Waals surface area contributed by atoms with Crippen molar-refractivity contribution in [1.82, 2.24) is 24.6 Å². The van der Waals surface area contributed by atoms with E-state index in [0.717, 1.165) is 45.1 Å². The summed E-state index contributed by atoms with van der Waals surface area (Å²) in [6, 6.07) is 6.73. The molecule has 1 saturated heterocycles. The van der Waals surface area contributed by atoms with Crippen molar-refractivity contribution >= 4 is 5.82 Å². The fourth-order valence-electron chi connectivity index (χ4n) is 3.44. The molecule has 0 bridgehead atoms. The fraction of sp³-hybridized carbons (Fsp3) is 0.350. The molecular weight excluding hydrogens is 343 g/mol. The van der Waals surface area contributed by atoms with Gasteiger partial charge in [-0.2, -0.15) is 5.10 Å². The molecule has 1 aromatic carbocycles. The van der Waals surface area contributed by atoms with Crippen LogP contribution in [-0.2, 0) is 13.1 Å². The van der Waals surface area contributed by atoms with Crippen molar-refractivity contribution in [3.05, 3.63) is 60.4 Å². The lowest BCUT2D eigenvalue weighted by atomic mass is 10.1. The Morgan fingerprint density at radius 3 is 2.56 bits per heavy atom. The second kappa shape index (κ2) is 7.84. The van der Waals surface area contributed by atoms with Gasteiger partial charge in [0.2, 0.25) is 0 Å². The van der Waals surface area contributed by atoms with Crippen LogP contribution in [0, 0.1) is 5.82 Å². The van der Waals surface area contributed by atoms with E-state index in [0.29, 0.717) is 11.3 Å². The Balaban J connectivity index is 1.46. The largest absolute Gasteiger partial charge is 0.352 e. The summed E-state index contributed by atoms with van der Waals surface area (Å²) in [5.74, 6) is 0.479. The van der Waals surface area contributed by atoms with Crippen molar-refractivity contribution in [2.45, 2.75) is 20.0 Å². The molecule has 140 valence electrons. The van der Waals surface area contributed by atoms with Crippen LogP contribution < -0.4 is 4.90 Å². The van der Waals surface area contributed by atoms with E-state index in [1.165, 1.54) is 11.6 Å². The molecule has 3 aromatic rings. The van der Waals surface area contributed by atoms with Gasteiger partial charge in [-0.25, -0.2) is 9.37 Å². The van der Waals surface area contributed by atoms with Gasteiger partial charge in [0.1, 0.15) is 11.5 Å². The number of aryl methyl sites for hydroxylation is 1. The summed E-state index contributed by atoms with van der Waals surface area (Å²) >= 11 is 0. The summed E-state index contributed by atoms with van der Waals surface area (Å²) in [6.45, 7) is 7.39. The molecule has 1 fully saturated rings. The summed E-state index contributed by atoms with van der Waals surface area (Å²) in [6.07, 6.45) is 7.33. The van der Waals surface area contributed by atoms with Crippen LogP contribution in [0.4, 0.5) is 10.2 Å². The highest BCUT2D eigenvalue weighted by Gasteiger charge is 2.22. The molecule has 0 amide bonds. The third-order valence-corrected chi connectivity index (χ3v) is 4.90. The van der Waals surface area contributed by atoms with Gasteiger partial charge < -0.3 is 4.90 Å². The first-order valence-electron chi connectivity index (χ1n) is 9.29. The van der Waals surface area contributed by atoms with Crippen LogP contribution in [0.25, 0.3) is 11.3 Å². The number of nitrogens with zero attached hydrogens (tertiary/aromatic N) is 6. The topological polar surface area (TPSA) is 50.1 Å². The molecular formula is C20H23FN6. The van der Waals surface area contributed by atoms with Crippen LogP contribution in [0.2, 0.25) is 0 Å². The van der Waals surface area contributed by atoms with Gasteiger partial charge in [-0.3, -0.25) is 14.6 Å². The number of hydrogen-bond donors (Lipinski definition) is 0. The van der Waals surface area contributed by atoms with Crippen molar-refractivity contribution in [1.29, 1.82) is 0 Å². The standard InChI is InChI=1S/C20H23FN6/c1-2-27-15-16(13-24-27)14-25-9-11-26(12-10-25)20-19(22-7-8-23-20)17-5-3-4-6-18(17)21/h3-8,13,15H,2,9-12,14H2,1H3. The van der Waals surface area contributed by atoms with Crippen LogP contribution >= 0.6 is 0 Å². The first-order valence-corrected chi connectivity index (χ1v) is 9.29. The lowest BCUT2D eigenvalue weighted by Crippen LogP contribution is -2.46. The van der Waals surface area contributed by atoms with Crippen molar-refractivity contribution in [3.63, 3.8) is 0 Å². The molecule has 0 atom stereocenters. The quantitative estimate of drug-likeness (QED) is 0.695. The van der Waals surface area contributed by atoms with E-state index in [4.69, 9.17) is 0 Å². The van der Waals surface area contributed by atoms with E-state index in [-0.39, 0.29) is 5.82 Å². The highest BCUT2D eigenvalue weighted by molar-refractivity contribution is 5.72. The molecule has 0 saturated carbocycles. The maximum absolute atomic E-state index is 14.3. The maximum Gasteiger partial charge on any atom is 0.155 e. The molecule has 7 heteroatoms. The van der Waals surface area contributed by atoms with E-state index < -0.39 is 0 Å². The van der Waals surface area contributed by atoms with E-state index in [2.05, 4.69) is 38.0 Å². The van der Waals surface area contributed by atoms with Gasteiger partial charge in [0.15, 0.2) is 5.82 Å². The molecule has 0 N–H and O–H groups in total. The zero-order valence-corrected chi connectivity index (χ0v) is 15.4. The van der Waals surface area contributed by atoms with Crippen molar-refractivity contribution in [3.8, 4) is 11.3 Å². The van der Waals surface area contributed by atoms with Crippen molar-refractivity contribution in [2.24, 2.45) is 0 Å². The van der Waals surface area contributed by atoms with Gasteiger partial charge in [-0.1, -0.05) is 12.1 Å². The van der Waals surface area contributed by atoms with Gasteiger partial charge in [0.05, 0.1) is 6.20 Å². The predicted molar refractivity (Wildman–Crippen MR) is 103 cm³/mol. The first kappa shape index (κ1) is 17.6. The third kappa shape index (κ3) is 3.83. The maximum atomic E-state index is 14.3. The Hall–Kier alpha value is -2.80. The summed E-state index contributed by atoms with van der Waals surface area (Å²) in [5.41, 5.74) is 2.33. The number of halogens is 1. The van der Waals surface area contributed by atoms with Gasteiger partial charge in [-0.15, -0.1) is 0 Å². The molecule has 1 aliphatic heterocycles. The predicted octanol–water partition coefficient (Wildman–Crippen LogP) is 2.82. The average molecular weight is 366 g/mol. The average Bonchev–Trinajstić information content (AvgIpc) is 3.17. The van der Waals surface area contributed by atoms with Crippen LogP contribution in [0.15, 0.2) is 49.1 Å². The zero-order valence-electron chi connectivity index (χ0n) is 15.4. The highest BCUT2D eigenvalue weighted by atomic mass is 19.1. The Labute approximate surface area is 158 Å². The minimum atomic E-state index is -0.272. The number of piperazine rings is 1. The van der Waals surface area contributed by atoms with Crippen LogP contribution in [0.3, 0.4) is 0 Å². The summed E-state index contributed by atoms with van der Waals surface area (Å²) < 4.78 is 16.2. The molecule has 0 spiro atoms. The summed E-state index contributed by atoms with van der Waals surface area (Å²) in [4.78, 5) is 13.5. The highest BCUT2D eigenvalue weighted by Crippen LogP contribution is 2.29. The number of aromatic nitrogens is 4. The minimum Gasteiger partial charge on any atom is -0.352 e. The number of rotatable bonds is 5. The number of benzene rings is 1. The molecule has 27 heavy (non-hydrogen) atoms.